The van der Waals surface area contributed by atoms with E-state index >= 15 is 0 Å². The van der Waals surface area contributed by atoms with Crippen molar-refractivity contribution in [2.45, 2.75) is 79.1 Å². The first-order valence-electron chi connectivity index (χ1n) is 13.0. The molecule has 0 aliphatic heterocycles. The molecule has 0 N–H and O–H groups in total. The molecule has 1 heterocycles. The van der Waals surface area contributed by atoms with Crippen molar-refractivity contribution in [2.24, 2.45) is 9.98 Å². The van der Waals surface area contributed by atoms with Gasteiger partial charge in [-0.25, -0.2) is 4.98 Å². The van der Waals surface area contributed by atoms with Gasteiger partial charge < -0.3 is 37.2 Å². The van der Waals surface area contributed by atoms with Crippen molar-refractivity contribution in [3.63, 3.8) is 0 Å². The SMILES string of the molecule is CCCc1cccc(CCC)c1N=Cc1cccc(C=Nc2c(CCC)cccc2CCC)n1.[Cl-].[Cl-].[Cl-].[Fe+3]. The van der Waals surface area contributed by atoms with Gasteiger partial charge in [0.2, 0.25) is 0 Å². The topological polar surface area (TPSA) is 37.6 Å². The van der Waals surface area contributed by atoms with E-state index in [0.29, 0.717) is 0 Å². The summed E-state index contributed by atoms with van der Waals surface area (Å²) in [5, 5.41) is 0. The van der Waals surface area contributed by atoms with Crippen LogP contribution in [0.25, 0.3) is 0 Å². The molecular weight excluding hydrogens is 577 g/mol. The first-order chi connectivity index (χ1) is 16.7. The molecule has 0 fully saturated rings. The van der Waals surface area contributed by atoms with Gasteiger partial charge in [0.25, 0.3) is 0 Å². The summed E-state index contributed by atoms with van der Waals surface area (Å²) in [4.78, 5) is 14.6. The van der Waals surface area contributed by atoms with Crippen LogP contribution in [0.15, 0.2) is 64.6 Å². The maximum atomic E-state index is 4.92. The Bertz CT molecular complexity index is 1000. The number of rotatable bonds is 12. The second-order valence-corrected chi connectivity index (χ2v) is 8.85. The van der Waals surface area contributed by atoms with E-state index in [-0.39, 0.29) is 54.3 Å². The number of nitrogens with zero attached hydrogens (tertiary/aromatic N) is 3. The number of hydrogen-bond acceptors (Lipinski definition) is 3. The molecule has 1 radical (unpaired) electrons. The van der Waals surface area contributed by atoms with Crippen LogP contribution in [-0.2, 0) is 42.8 Å². The van der Waals surface area contributed by atoms with Crippen LogP contribution in [0.1, 0.15) is 87.0 Å². The Balaban J connectivity index is 0. The Kier molecular flexibility index (Phi) is 21.4. The normalized spacial score (nSPS) is 10.4. The third-order valence-electron chi connectivity index (χ3n) is 5.93. The van der Waals surface area contributed by atoms with Crippen molar-refractivity contribution in [1.29, 1.82) is 0 Å². The molecule has 2 aromatic carbocycles. The molecule has 0 spiro atoms. The molecular formula is C31H39Cl3FeN3. The second-order valence-electron chi connectivity index (χ2n) is 8.85. The van der Waals surface area contributed by atoms with Crippen LogP contribution in [0.3, 0.4) is 0 Å². The van der Waals surface area contributed by atoms with Crippen LogP contribution in [0.2, 0.25) is 0 Å². The summed E-state index contributed by atoms with van der Waals surface area (Å²) in [6.45, 7) is 8.87. The van der Waals surface area contributed by atoms with Gasteiger partial charge in [-0.3, -0.25) is 9.98 Å². The fourth-order valence-corrected chi connectivity index (χ4v) is 4.38. The minimum absolute atomic E-state index is 0. The molecule has 0 amide bonds. The van der Waals surface area contributed by atoms with Crippen LogP contribution in [0, 0.1) is 0 Å². The summed E-state index contributed by atoms with van der Waals surface area (Å²) in [6, 6.07) is 19.2. The fraction of sp³-hybridized carbons (Fsp3) is 0.387. The van der Waals surface area contributed by atoms with Gasteiger partial charge in [0.1, 0.15) is 0 Å². The molecule has 0 bridgehead atoms. The number of benzene rings is 2. The van der Waals surface area contributed by atoms with E-state index in [4.69, 9.17) is 15.0 Å². The molecule has 38 heavy (non-hydrogen) atoms. The smallest absolute Gasteiger partial charge is 1.00 e. The second kappa shape index (κ2) is 21.2. The maximum Gasteiger partial charge on any atom is 3.00 e. The van der Waals surface area contributed by atoms with Crippen molar-refractivity contribution >= 4 is 23.8 Å². The van der Waals surface area contributed by atoms with Gasteiger partial charge in [-0.15, -0.1) is 0 Å². The largest absolute Gasteiger partial charge is 3.00 e. The standard InChI is InChI=1S/C31H39N3.3ClH.Fe/c1-5-12-24-16-9-17-25(13-6-2)30(24)32-22-28-20-11-21-29(34-28)23-33-31-26(14-7-3)18-10-19-27(31)15-8-4;;;;/h9-11,16-23H,5-8,12-15H2,1-4H3;3*1H;/q;;;;+3/p-3. The van der Waals surface area contributed by atoms with Gasteiger partial charge in [-0.2, -0.15) is 0 Å². The molecule has 3 aromatic rings. The van der Waals surface area contributed by atoms with Gasteiger partial charge in [0.15, 0.2) is 0 Å². The quantitative estimate of drug-likeness (QED) is 0.198. The molecule has 0 unspecified atom stereocenters. The Morgan fingerprint density at radius 3 is 1.11 bits per heavy atom. The summed E-state index contributed by atoms with van der Waals surface area (Å²) in [5.74, 6) is 0. The zero-order valence-corrected chi connectivity index (χ0v) is 26.2. The number of aliphatic imine (C=N–C) groups is 2. The number of aromatic nitrogens is 1. The van der Waals surface area contributed by atoms with Gasteiger partial charge in [-0.1, -0.05) is 95.8 Å². The molecule has 0 atom stereocenters. The first-order valence-corrected chi connectivity index (χ1v) is 13.0. The van der Waals surface area contributed by atoms with E-state index in [9.17, 15) is 0 Å². The third-order valence-corrected chi connectivity index (χ3v) is 5.93. The molecule has 0 saturated carbocycles. The number of para-hydroxylation sites is 2. The number of aryl methyl sites for hydroxylation is 4. The molecule has 0 aliphatic rings. The van der Waals surface area contributed by atoms with Gasteiger partial charge in [0, 0.05) is 0 Å². The van der Waals surface area contributed by atoms with Gasteiger partial charge >= 0.3 is 17.1 Å². The van der Waals surface area contributed by atoms with Crippen molar-refractivity contribution < 1.29 is 54.3 Å². The fourth-order valence-electron chi connectivity index (χ4n) is 4.38. The number of pyridine rings is 1. The molecule has 7 heteroatoms. The van der Waals surface area contributed by atoms with E-state index in [2.05, 4.69) is 64.1 Å². The number of hydrogen-bond donors (Lipinski definition) is 0. The Hall–Kier alpha value is -1.68. The van der Waals surface area contributed by atoms with Crippen molar-refractivity contribution in [3.8, 4) is 0 Å². The molecule has 3 rings (SSSR count). The predicted molar refractivity (Wildman–Crippen MR) is 148 cm³/mol. The van der Waals surface area contributed by atoms with Crippen LogP contribution in [0.4, 0.5) is 11.4 Å². The van der Waals surface area contributed by atoms with Crippen LogP contribution < -0.4 is 37.2 Å². The molecule has 1 aromatic heterocycles. The van der Waals surface area contributed by atoms with E-state index in [1.165, 1.54) is 22.3 Å². The summed E-state index contributed by atoms with van der Waals surface area (Å²) in [5.41, 5.74) is 9.21. The molecule has 3 nitrogen and oxygen atoms in total. The average Bonchev–Trinajstić information content (AvgIpc) is 2.84. The summed E-state index contributed by atoms with van der Waals surface area (Å²) >= 11 is 0. The average molecular weight is 616 g/mol. The van der Waals surface area contributed by atoms with Crippen molar-refractivity contribution in [2.75, 3.05) is 0 Å². The van der Waals surface area contributed by atoms with Crippen LogP contribution in [0.5, 0.6) is 0 Å². The molecule has 0 saturated heterocycles. The Morgan fingerprint density at radius 2 is 0.816 bits per heavy atom. The Morgan fingerprint density at radius 1 is 0.526 bits per heavy atom. The molecule has 207 valence electrons. The zero-order chi connectivity index (χ0) is 24.2. The molecule has 0 aliphatic carbocycles. The maximum absolute atomic E-state index is 4.92. The first kappa shape index (κ1) is 38.5. The minimum Gasteiger partial charge on any atom is -1.00 e. The summed E-state index contributed by atoms with van der Waals surface area (Å²) < 4.78 is 0. The van der Waals surface area contributed by atoms with Gasteiger partial charge in [0.05, 0.1) is 35.2 Å². The minimum atomic E-state index is 0. The van der Waals surface area contributed by atoms with Crippen LogP contribution >= 0.6 is 0 Å². The monoisotopic (exact) mass is 614 g/mol. The van der Waals surface area contributed by atoms with E-state index in [1.807, 2.05) is 30.6 Å². The van der Waals surface area contributed by atoms with Crippen molar-refractivity contribution in [1.82, 2.24) is 4.98 Å². The Labute approximate surface area is 259 Å². The van der Waals surface area contributed by atoms with E-state index < -0.39 is 0 Å². The predicted octanol–water partition coefficient (Wildman–Crippen LogP) is -0.598. The summed E-state index contributed by atoms with van der Waals surface area (Å²) in [7, 11) is 0. The summed E-state index contributed by atoms with van der Waals surface area (Å²) in [6.07, 6.45) is 12.4. The van der Waals surface area contributed by atoms with Crippen LogP contribution in [-0.4, -0.2) is 17.4 Å². The number of halogens is 3. The van der Waals surface area contributed by atoms with Gasteiger partial charge in [-0.05, 0) is 60.1 Å². The zero-order valence-electron chi connectivity index (χ0n) is 22.8. The third kappa shape index (κ3) is 11.2. The van der Waals surface area contributed by atoms with E-state index in [0.717, 1.165) is 74.1 Å². The van der Waals surface area contributed by atoms with Crippen molar-refractivity contribution in [3.05, 3.63) is 88.2 Å². The van der Waals surface area contributed by atoms with E-state index in [1.54, 1.807) is 0 Å².